The Hall–Kier alpha value is -1.30. The highest BCUT2D eigenvalue weighted by Crippen LogP contribution is 2.29. The molecule has 0 aromatic heterocycles. The van der Waals surface area contributed by atoms with E-state index in [4.69, 9.17) is 9.47 Å². The van der Waals surface area contributed by atoms with Gasteiger partial charge in [0.25, 0.3) is 0 Å². The van der Waals surface area contributed by atoms with E-state index in [1.165, 1.54) is 64.1 Å². The molecule has 150 valence electrons. The first kappa shape index (κ1) is 19.0. The molecule has 5 heteroatoms. The molecule has 1 aromatic carbocycles. The van der Waals surface area contributed by atoms with Gasteiger partial charge in [-0.15, -0.1) is 0 Å². The Morgan fingerprint density at radius 2 is 1.63 bits per heavy atom. The number of piperazine rings is 1. The van der Waals surface area contributed by atoms with E-state index in [1.54, 1.807) is 7.11 Å². The van der Waals surface area contributed by atoms with Gasteiger partial charge >= 0.3 is 0 Å². The van der Waals surface area contributed by atoms with Gasteiger partial charge in [-0.05, 0) is 56.8 Å². The van der Waals surface area contributed by atoms with E-state index in [-0.39, 0.29) is 0 Å². The van der Waals surface area contributed by atoms with Gasteiger partial charge in [-0.2, -0.15) is 0 Å². The Morgan fingerprint density at radius 1 is 0.926 bits per heavy atom. The molecule has 0 atom stereocenters. The quantitative estimate of drug-likeness (QED) is 0.791. The fourth-order valence-corrected chi connectivity index (χ4v) is 4.98. The van der Waals surface area contributed by atoms with E-state index in [9.17, 15) is 0 Å². The van der Waals surface area contributed by atoms with Crippen LogP contribution in [0.2, 0.25) is 0 Å². The van der Waals surface area contributed by atoms with E-state index >= 15 is 0 Å². The molecule has 0 spiro atoms. The molecular formula is C22H35N3O2. The summed E-state index contributed by atoms with van der Waals surface area (Å²) < 4.78 is 11.1. The van der Waals surface area contributed by atoms with E-state index in [1.807, 2.05) is 6.07 Å². The summed E-state index contributed by atoms with van der Waals surface area (Å²) in [4.78, 5) is 7.92. The lowest BCUT2D eigenvalue weighted by molar-refractivity contribution is 0.0407. The number of benzene rings is 1. The first-order valence-electron chi connectivity index (χ1n) is 10.8. The highest BCUT2D eigenvalue weighted by atomic mass is 16.5. The molecule has 0 unspecified atom stereocenters. The second-order valence-electron chi connectivity index (χ2n) is 8.28. The molecule has 1 aromatic rings. The molecule has 27 heavy (non-hydrogen) atoms. The minimum atomic E-state index is 0.774. The van der Waals surface area contributed by atoms with Crippen molar-refractivity contribution in [2.24, 2.45) is 5.92 Å². The Bertz CT molecular complexity index is 575. The molecule has 3 aliphatic rings. The maximum absolute atomic E-state index is 5.55. The molecule has 3 fully saturated rings. The van der Waals surface area contributed by atoms with Gasteiger partial charge in [-0.25, -0.2) is 0 Å². The van der Waals surface area contributed by atoms with Gasteiger partial charge in [-0.1, -0.05) is 12.1 Å². The Kier molecular flexibility index (Phi) is 6.53. The van der Waals surface area contributed by atoms with Gasteiger partial charge in [0.1, 0.15) is 5.75 Å². The van der Waals surface area contributed by atoms with Crippen LogP contribution < -0.4 is 9.64 Å². The van der Waals surface area contributed by atoms with Crippen LogP contribution >= 0.6 is 0 Å². The summed E-state index contributed by atoms with van der Waals surface area (Å²) >= 11 is 0. The number of anilines is 1. The van der Waals surface area contributed by atoms with Crippen molar-refractivity contribution >= 4 is 5.69 Å². The molecule has 3 saturated heterocycles. The van der Waals surface area contributed by atoms with Crippen molar-refractivity contribution < 1.29 is 9.47 Å². The number of rotatable bonds is 5. The van der Waals surface area contributed by atoms with Crippen LogP contribution in [-0.4, -0.2) is 82.0 Å². The summed E-state index contributed by atoms with van der Waals surface area (Å²) in [7, 11) is 1.77. The van der Waals surface area contributed by atoms with Gasteiger partial charge in [0.2, 0.25) is 0 Å². The molecule has 0 saturated carbocycles. The minimum absolute atomic E-state index is 0.774. The van der Waals surface area contributed by atoms with E-state index < -0.39 is 0 Å². The molecule has 0 bridgehead atoms. The van der Waals surface area contributed by atoms with E-state index in [0.29, 0.717) is 0 Å². The van der Waals surface area contributed by atoms with Gasteiger partial charge < -0.3 is 19.3 Å². The summed E-state index contributed by atoms with van der Waals surface area (Å²) in [6.45, 7) is 10.3. The van der Waals surface area contributed by atoms with Gasteiger partial charge in [0.15, 0.2) is 0 Å². The predicted octanol–water partition coefficient (Wildman–Crippen LogP) is 2.71. The summed E-state index contributed by atoms with van der Waals surface area (Å²) in [5.74, 6) is 1.85. The van der Waals surface area contributed by atoms with Crippen LogP contribution in [0.5, 0.6) is 5.75 Å². The maximum Gasteiger partial charge on any atom is 0.142 e. The number of hydrogen-bond donors (Lipinski definition) is 0. The lowest BCUT2D eigenvalue weighted by Gasteiger charge is -2.44. The molecule has 0 N–H and O–H groups in total. The van der Waals surface area contributed by atoms with E-state index in [2.05, 4.69) is 32.9 Å². The third kappa shape index (κ3) is 4.76. The van der Waals surface area contributed by atoms with Gasteiger partial charge in [0, 0.05) is 52.0 Å². The second kappa shape index (κ2) is 9.26. The van der Waals surface area contributed by atoms with Crippen molar-refractivity contribution in [1.29, 1.82) is 0 Å². The third-order valence-corrected chi connectivity index (χ3v) is 6.67. The lowest BCUT2D eigenvalue weighted by Crippen LogP contribution is -2.53. The number of nitrogens with zero attached hydrogens (tertiary/aromatic N) is 3. The summed E-state index contributed by atoms with van der Waals surface area (Å²) in [5, 5.41) is 0. The highest BCUT2D eigenvalue weighted by molar-refractivity contribution is 5.58. The number of para-hydroxylation sites is 2. The first-order chi connectivity index (χ1) is 13.3. The van der Waals surface area contributed by atoms with Gasteiger partial charge in [0.05, 0.1) is 12.8 Å². The smallest absolute Gasteiger partial charge is 0.142 e. The van der Waals surface area contributed by atoms with Gasteiger partial charge in [-0.3, -0.25) is 4.90 Å². The highest BCUT2D eigenvalue weighted by Gasteiger charge is 2.29. The van der Waals surface area contributed by atoms with Crippen LogP contribution in [0.25, 0.3) is 0 Å². The SMILES string of the molecule is COc1ccccc1N1CCN(C2CCN(CC3CCOCC3)CC2)CC1. The fourth-order valence-electron chi connectivity index (χ4n) is 4.98. The van der Waals surface area contributed by atoms with Crippen molar-refractivity contribution in [3.05, 3.63) is 24.3 Å². The topological polar surface area (TPSA) is 28.2 Å². The van der Waals surface area contributed by atoms with E-state index in [0.717, 1.165) is 44.0 Å². The van der Waals surface area contributed by atoms with Crippen LogP contribution in [-0.2, 0) is 4.74 Å². The second-order valence-corrected chi connectivity index (χ2v) is 8.28. The zero-order valence-electron chi connectivity index (χ0n) is 16.8. The zero-order chi connectivity index (χ0) is 18.5. The summed E-state index contributed by atoms with van der Waals surface area (Å²) in [5.41, 5.74) is 1.24. The molecule has 0 radical (unpaired) electrons. The average molecular weight is 374 g/mol. The van der Waals surface area contributed by atoms with Crippen molar-refractivity contribution in [2.45, 2.75) is 31.7 Å². The number of hydrogen-bond acceptors (Lipinski definition) is 5. The zero-order valence-corrected chi connectivity index (χ0v) is 16.8. The predicted molar refractivity (Wildman–Crippen MR) is 110 cm³/mol. The fraction of sp³-hybridized carbons (Fsp3) is 0.727. The lowest BCUT2D eigenvalue weighted by atomic mass is 9.96. The molecule has 0 aliphatic carbocycles. The minimum Gasteiger partial charge on any atom is -0.495 e. The summed E-state index contributed by atoms with van der Waals surface area (Å²) in [6, 6.07) is 9.18. The summed E-state index contributed by atoms with van der Waals surface area (Å²) in [6.07, 6.45) is 5.17. The standard InChI is InChI=1S/C22H35N3O2/c1-26-22-5-3-2-4-21(22)25-14-12-24(13-15-25)20-6-10-23(11-7-20)18-19-8-16-27-17-9-19/h2-5,19-20H,6-18H2,1H3. The van der Waals surface area contributed by atoms with Crippen LogP contribution in [0, 0.1) is 5.92 Å². The average Bonchev–Trinajstić information content (AvgIpc) is 2.75. The normalized spacial score (nSPS) is 24.3. The molecule has 0 amide bonds. The van der Waals surface area contributed by atoms with Crippen molar-refractivity contribution in [3.8, 4) is 5.75 Å². The molecule has 3 aliphatic heterocycles. The Morgan fingerprint density at radius 3 is 2.33 bits per heavy atom. The number of likely N-dealkylation sites (tertiary alicyclic amines) is 1. The molecule has 3 heterocycles. The Labute approximate surface area is 164 Å². The van der Waals surface area contributed by atoms with Crippen molar-refractivity contribution in [1.82, 2.24) is 9.80 Å². The van der Waals surface area contributed by atoms with Crippen molar-refractivity contribution in [2.75, 3.05) is 71.0 Å². The number of piperidine rings is 1. The molecule has 4 rings (SSSR count). The molecular weight excluding hydrogens is 338 g/mol. The Balaban J connectivity index is 1.22. The monoisotopic (exact) mass is 373 g/mol. The third-order valence-electron chi connectivity index (χ3n) is 6.67. The van der Waals surface area contributed by atoms with Crippen molar-refractivity contribution in [3.63, 3.8) is 0 Å². The van der Waals surface area contributed by atoms with Crippen LogP contribution in [0.1, 0.15) is 25.7 Å². The van der Waals surface area contributed by atoms with Crippen LogP contribution in [0.3, 0.4) is 0 Å². The van der Waals surface area contributed by atoms with Crippen LogP contribution in [0.15, 0.2) is 24.3 Å². The first-order valence-corrected chi connectivity index (χ1v) is 10.8. The number of methoxy groups -OCH3 is 1. The maximum atomic E-state index is 5.55. The van der Waals surface area contributed by atoms with Crippen LogP contribution in [0.4, 0.5) is 5.69 Å². The molecule has 5 nitrogen and oxygen atoms in total. The largest absolute Gasteiger partial charge is 0.495 e. The number of ether oxygens (including phenoxy) is 2.